The van der Waals surface area contributed by atoms with Crippen LogP contribution in [0.25, 0.3) is 10.8 Å². The molecule has 0 radical (unpaired) electrons. The molecule has 2 amide bonds. The van der Waals surface area contributed by atoms with Gasteiger partial charge in [0, 0.05) is 28.6 Å². The number of aliphatic hydroxyl groups excluding tert-OH is 1. The first kappa shape index (κ1) is 31.3. The average Bonchev–Trinajstić information content (AvgIpc) is 2.94. The van der Waals surface area contributed by atoms with Crippen LogP contribution >= 0.6 is 11.8 Å². The van der Waals surface area contributed by atoms with Crippen molar-refractivity contribution >= 4 is 34.3 Å². The van der Waals surface area contributed by atoms with Gasteiger partial charge in [-0.2, -0.15) is 0 Å². The van der Waals surface area contributed by atoms with Gasteiger partial charge in [0.2, 0.25) is 0 Å². The van der Waals surface area contributed by atoms with Crippen LogP contribution in [0.1, 0.15) is 72.9 Å². The number of nitrogens with zero attached hydrogens (tertiary/aromatic N) is 1. The molecule has 1 heterocycles. The van der Waals surface area contributed by atoms with Crippen molar-refractivity contribution in [2.24, 2.45) is 0 Å². The maximum atomic E-state index is 13.4. The largest absolute Gasteiger partial charge is 0.393 e. The molecule has 1 unspecified atom stereocenters. The molecule has 0 saturated carbocycles. The Morgan fingerprint density at radius 3 is 2.29 bits per heavy atom. The van der Waals surface area contributed by atoms with E-state index in [-0.39, 0.29) is 17.4 Å². The topological polar surface area (TPSA) is 91.3 Å². The highest BCUT2D eigenvalue weighted by molar-refractivity contribution is 7.99. The lowest BCUT2D eigenvalue weighted by molar-refractivity contribution is 0.0908. The highest BCUT2D eigenvalue weighted by Gasteiger charge is 2.24. The molecule has 0 aliphatic rings. The van der Waals surface area contributed by atoms with Crippen molar-refractivity contribution in [3.05, 3.63) is 107 Å². The molecular weight excluding hydrogens is 542 g/mol. The van der Waals surface area contributed by atoms with Crippen LogP contribution in [0.3, 0.4) is 0 Å². The number of aryl methyl sites for hydroxylation is 1. The number of rotatable bonds is 11. The molecule has 220 valence electrons. The van der Waals surface area contributed by atoms with E-state index in [9.17, 15) is 14.7 Å². The molecule has 0 aliphatic carbocycles. The van der Waals surface area contributed by atoms with Crippen LogP contribution in [0.4, 0.5) is 0 Å². The number of carbonyl (C=O) groups is 2. The first-order valence-electron chi connectivity index (χ1n) is 14.4. The Morgan fingerprint density at radius 1 is 0.833 bits per heavy atom. The fourth-order valence-electron chi connectivity index (χ4n) is 4.89. The summed E-state index contributed by atoms with van der Waals surface area (Å²) in [5, 5.41) is 20.2. The molecular formula is C35H41N3O3S. The van der Waals surface area contributed by atoms with Crippen molar-refractivity contribution < 1.29 is 14.7 Å². The molecule has 1 atom stereocenters. The molecule has 7 heteroatoms. The summed E-state index contributed by atoms with van der Waals surface area (Å²) in [4.78, 5) is 31.1. The van der Waals surface area contributed by atoms with E-state index in [0.717, 1.165) is 26.9 Å². The van der Waals surface area contributed by atoms with E-state index in [1.807, 2.05) is 107 Å². The Labute approximate surface area is 253 Å². The molecule has 0 spiro atoms. The zero-order valence-corrected chi connectivity index (χ0v) is 25.9. The molecule has 1 aromatic heterocycles. The van der Waals surface area contributed by atoms with Gasteiger partial charge in [0.25, 0.3) is 11.8 Å². The van der Waals surface area contributed by atoms with E-state index < -0.39 is 11.6 Å². The SMILES string of the molecule is CC(C)(C)NC(=O)c1c(CCC(O)Cc2ccccc2C(=O)NC(C)(C)CSc2ccccn2)ccc2ccccc12. The second-order valence-corrected chi connectivity index (χ2v) is 13.4. The number of hydrogen-bond donors (Lipinski definition) is 3. The van der Waals surface area contributed by atoms with E-state index >= 15 is 0 Å². The summed E-state index contributed by atoms with van der Waals surface area (Å²) in [6, 6.07) is 25.1. The molecule has 3 aromatic carbocycles. The molecule has 0 bridgehead atoms. The number of aromatic nitrogens is 1. The van der Waals surface area contributed by atoms with Gasteiger partial charge in [0.1, 0.15) is 0 Å². The van der Waals surface area contributed by atoms with E-state index in [0.29, 0.717) is 36.1 Å². The molecule has 0 aliphatic heterocycles. The minimum Gasteiger partial charge on any atom is -0.393 e. The predicted molar refractivity (Wildman–Crippen MR) is 172 cm³/mol. The molecule has 4 rings (SSSR count). The van der Waals surface area contributed by atoms with Crippen LogP contribution in [0, 0.1) is 0 Å². The van der Waals surface area contributed by atoms with Crippen molar-refractivity contribution in [2.75, 3.05) is 5.75 Å². The average molecular weight is 584 g/mol. The number of fused-ring (bicyclic) bond motifs is 1. The molecule has 0 saturated heterocycles. The van der Waals surface area contributed by atoms with Crippen LogP contribution < -0.4 is 10.6 Å². The van der Waals surface area contributed by atoms with Crippen LogP contribution in [-0.4, -0.2) is 44.8 Å². The second-order valence-electron chi connectivity index (χ2n) is 12.4. The second kappa shape index (κ2) is 13.5. The van der Waals surface area contributed by atoms with Gasteiger partial charge in [-0.3, -0.25) is 9.59 Å². The number of carbonyl (C=O) groups excluding carboxylic acids is 2. The minimum atomic E-state index is -0.684. The van der Waals surface area contributed by atoms with Gasteiger partial charge in [0.15, 0.2) is 0 Å². The highest BCUT2D eigenvalue weighted by Crippen LogP contribution is 2.26. The van der Waals surface area contributed by atoms with Crippen molar-refractivity contribution in [3.8, 4) is 0 Å². The summed E-state index contributed by atoms with van der Waals surface area (Å²) in [6.07, 6.45) is 2.40. The molecule has 4 aromatic rings. The Bertz CT molecular complexity index is 1530. The maximum Gasteiger partial charge on any atom is 0.252 e. The summed E-state index contributed by atoms with van der Waals surface area (Å²) in [6.45, 7) is 9.89. The van der Waals surface area contributed by atoms with Crippen molar-refractivity contribution in [2.45, 2.75) is 76.1 Å². The zero-order valence-electron chi connectivity index (χ0n) is 25.1. The standard InChI is InChI=1S/C35H41N3O3S/c1-34(2,3)37-33(41)31-25(18-17-24-12-6-8-14-28(24)31)19-20-27(39)22-26-13-7-9-15-29(26)32(40)38-35(4,5)23-42-30-16-10-11-21-36-30/h6-18,21,27,39H,19-20,22-23H2,1-5H3,(H,37,41)(H,38,40). The van der Waals surface area contributed by atoms with E-state index in [1.165, 1.54) is 0 Å². The van der Waals surface area contributed by atoms with E-state index in [4.69, 9.17) is 0 Å². The lowest BCUT2D eigenvalue weighted by Crippen LogP contribution is -2.45. The van der Waals surface area contributed by atoms with Gasteiger partial charge in [0.05, 0.1) is 16.7 Å². The fraction of sp³-hybridized carbons (Fsp3) is 0.343. The van der Waals surface area contributed by atoms with Crippen LogP contribution in [0.5, 0.6) is 0 Å². The van der Waals surface area contributed by atoms with Gasteiger partial charge < -0.3 is 15.7 Å². The number of thioether (sulfide) groups is 1. The van der Waals surface area contributed by atoms with Crippen molar-refractivity contribution in [3.63, 3.8) is 0 Å². The van der Waals surface area contributed by atoms with Gasteiger partial charge in [-0.15, -0.1) is 11.8 Å². The molecule has 0 fully saturated rings. The smallest absolute Gasteiger partial charge is 0.252 e. The Kier molecular flexibility index (Phi) is 10.1. The Balaban J connectivity index is 1.44. The van der Waals surface area contributed by atoms with Gasteiger partial charge in [-0.05, 0) is 94.0 Å². The van der Waals surface area contributed by atoms with Gasteiger partial charge in [-0.25, -0.2) is 4.98 Å². The number of hydrogen-bond acceptors (Lipinski definition) is 5. The zero-order chi connectivity index (χ0) is 30.3. The third-order valence-electron chi connectivity index (χ3n) is 6.87. The molecule has 6 nitrogen and oxygen atoms in total. The lowest BCUT2D eigenvalue weighted by atomic mass is 9.92. The molecule has 3 N–H and O–H groups in total. The van der Waals surface area contributed by atoms with Crippen molar-refractivity contribution in [1.82, 2.24) is 15.6 Å². The third kappa shape index (κ3) is 8.66. The number of benzene rings is 3. The predicted octanol–water partition coefficient (Wildman–Crippen LogP) is 6.60. The quantitative estimate of drug-likeness (QED) is 0.173. The number of pyridine rings is 1. The fourth-order valence-corrected chi connectivity index (χ4v) is 5.78. The number of nitrogens with one attached hydrogen (secondary N) is 2. The monoisotopic (exact) mass is 583 g/mol. The highest BCUT2D eigenvalue weighted by atomic mass is 32.2. The maximum absolute atomic E-state index is 13.4. The summed E-state index contributed by atoms with van der Waals surface area (Å²) >= 11 is 1.60. The number of amides is 2. The molecule has 42 heavy (non-hydrogen) atoms. The summed E-state index contributed by atoms with van der Waals surface area (Å²) < 4.78 is 0. The summed E-state index contributed by atoms with van der Waals surface area (Å²) in [7, 11) is 0. The first-order valence-corrected chi connectivity index (χ1v) is 15.4. The van der Waals surface area contributed by atoms with E-state index in [1.54, 1.807) is 24.0 Å². The Hall–Kier alpha value is -3.68. The van der Waals surface area contributed by atoms with Crippen LogP contribution in [0.15, 0.2) is 90.1 Å². The lowest BCUT2D eigenvalue weighted by Gasteiger charge is -2.26. The van der Waals surface area contributed by atoms with Crippen LogP contribution in [0.2, 0.25) is 0 Å². The van der Waals surface area contributed by atoms with Crippen molar-refractivity contribution in [1.29, 1.82) is 0 Å². The summed E-state index contributed by atoms with van der Waals surface area (Å²) in [5.41, 5.74) is 2.06. The number of aliphatic hydroxyl groups is 1. The third-order valence-corrected chi connectivity index (χ3v) is 8.27. The normalized spacial score (nSPS) is 12.6. The first-order chi connectivity index (χ1) is 19.9. The Morgan fingerprint density at radius 2 is 1.55 bits per heavy atom. The van der Waals surface area contributed by atoms with Gasteiger partial charge in [-0.1, -0.05) is 60.7 Å². The van der Waals surface area contributed by atoms with Gasteiger partial charge >= 0.3 is 0 Å². The minimum absolute atomic E-state index is 0.116. The summed E-state index contributed by atoms with van der Waals surface area (Å²) in [5.74, 6) is 0.381. The van der Waals surface area contributed by atoms with E-state index in [2.05, 4.69) is 15.6 Å². The van der Waals surface area contributed by atoms with Crippen LogP contribution in [-0.2, 0) is 12.8 Å².